The van der Waals surface area contributed by atoms with Crippen LogP contribution in [-0.2, 0) is 0 Å². The molecule has 2 aromatic rings. The Labute approximate surface area is 123 Å². The number of benzene rings is 1. The van der Waals surface area contributed by atoms with E-state index < -0.39 is 0 Å². The van der Waals surface area contributed by atoms with Crippen LogP contribution in [0.2, 0.25) is 0 Å². The minimum absolute atomic E-state index is 0.0800. The van der Waals surface area contributed by atoms with Crippen molar-refractivity contribution in [2.45, 2.75) is 25.3 Å². The van der Waals surface area contributed by atoms with Gasteiger partial charge in [0, 0.05) is 23.8 Å². The number of aliphatic hydroxyl groups excluding tert-OH is 1. The molecule has 110 valence electrons. The highest BCUT2D eigenvalue weighted by Gasteiger charge is 2.31. The summed E-state index contributed by atoms with van der Waals surface area (Å²) in [6.45, 7) is 0.103. The van der Waals surface area contributed by atoms with Crippen LogP contribution in [0.1, 0.15) is 29.6 Å². The second-order valence-electron chi connectivity index (χ2n) is 5.37. The van der Waals surface area contributed by atoms with Crippen LogP contribution in [-0.4, -0.2) is 28.6 Å². The van der Waals surface area contributed by atoms with E-state index in [0.717, 1.165) is 18.4 Å². The maximum atomic E-state index is 12.2. The summed E-state index contributed by atoms with van der Waals surface area (Å²) in [7, 11) is 0. The van der Waals surface area contributed by atoms with Crippen LogP contribution in [0.5, 0.6) is 0 Å². The van der Waals surface area contributed by atoms with Crippen LogP contribution in [0.25, 0.3) is 11.3 Å². The molecular weight excluding hydrogens is 268 g/mol. The maximum Gasteiger partial charge on any atom is 0.251 e. The van der Waals surface area contributed by atoms with Gasteiger partial charge < -0.3 is 14.8 Å². The Morgan fingerprint density at radius 1 is 1.38 bits per heavy atom. The summed E-state index contributed by atoms with van der Waals surface area (Å²) in [5, 5.41) is 12.1. The second-order valence-corrected chi connectivity index (χ2v) is 5.37. The van der Waals surface area contributed by atoms with Crippen molar-refractivity contribution >= 4 is 5.91 Å². The van der Waals surface area contributed by atoms with Gasteiger partial charge in [0.15, 0.2) is 12.2 Å². The minimum Gasteiger partial charge on any atom is -0.444 e. The average molecular weight is 286 g/mol. The van der Waals surface area contributed by atoms with E-state index in [4.69, 9.17) is 9.52 Å². The predicted octanol–water partition coefficient (Wildman–Crippen LogP) is 2.23. The first-order valence-corrected chi connectivity index (χ1v) is 7.18. The number of hydrogen-bond acceptors (Lipinski definition) is 4. The number of nitrogens with zero attached hydrogens (tertiary/aromatic N) is 1. The molecule has 1 fully saturated rings. The number of carbonyl (C=O) groups excluding carboxylic acids is 1. The fourth-order valence-electron chi connectivity index (χ4n) is 2.46. The summed E-state index contributed by atoms with van der Waals surface area (Å²) in [5.74, 6) is 1.11. The summed E-state index contributed by atoms with van der Waals surface area (Å²) >= 11 is 0. The molecule has 1 unspecified atom stereocenters. The third kappa shape index (κ3) is 3.31. The molecule has 3 rings (SSSR count). The molecule has 1 saturated carbocycles. The maximum absolute atomic E-state index is 12.2. The van der Waals surface area contributed by atoms with Crippen molar-refractivity contribution in [2.75, 3.05) is 6.61 Å². The summed E-state index contributed by atoms with van der Waals surface area (Å²) in [6.07, 6.45) is 5.90. The summed E-state index contributed by atoms with van der Waals surface area (Å²) in [5.41, 5.74) is 1.50. The lowest BCUT2D eigenvalue weighted by Gasteiger charge is -2.17. The van der Waals surface area contributed by atoms with Crippen molar-refractivity contribution in [1.29, 1.82) is 0 Å². The lowest BCUT2D eigenvalue weighted by atomic mass is 10.1. The molecule has 1 aliphatic carbocycles. The molecule has 0 aliphatic heterocycles. The van der Waals surface area contributed by atoms with Crippen molar-refractivity contribution in [3.05, 3.63) is 42.4 Å². The number of carbonyl (C=O) groups is 1. The number of oxazole rings is 1. The van der Waals surface area contributed by atoms with Crippen LogP contribution in [0, 0.1) is 5.92 Å². The molecule has 1 amide bonds. The van der Waals surface area contributed by atoms with Gasteiger partial charge in [-0.1, -0.05) is 12.1 Å². The summed E-state index contributed by atoms with van der Waals surface area (Å²) in [4.78, 5) is 16.1. The molecule has 0 saturated heterocycles. The Morgan fingerprint density at radius 2 is 2.14 bits per heavy atom. The van der Waals surface area contributed by atoms with Gasteiger partial charge in [-0.05, 0) is 37.3 Å². The zero-order chi connectivity index (χ0) is 14.7. The van der Waals surface area contributed by atoms with E-state index >= 15 is 0 Å². The number of hydrogen-bond donors (Lipinski definition) is 2. The fourth-order valence-corrected chi connectivity index (χ4v) is 2.46. The normalized spacial score (nSPS) is 15.7. The molecule has 21 heavy (non-hydrogen) atoms. The molecule has 1 heterocycles. The molecular formula is C16H18N2O3. The molecule has 5 heteroatoms. The smallest absolute Gasteiger partial charge is 0.251 e. The van der Waals surface area contributed by atoms with E-state index in [0.29, 0.717) is 23.7 Å². The van der Waals surface area contributed by atoms with Crippen molar-refractivity contribution < 1.29 is 14.3 Å². The predicted molar refractivity (Wildman–Crippen MR) is 77.6 cm³/mol. The van der Waals surface area contributed by atoms with Crippen molar-refractivity contribution in [3.8, 4) is 11.3 Å². The van der Waals surface area contributed by atoms with E-state index in [9.17, 15) is 4.79 Å². The Balaban J connectivity index is 1.67. The molecule has 1 aromatic carbocycles. The first kappa shape index (κ1) is 13.8. The Bertz CT molecular complexity index is 588. The quantitative estimate of drug-likeness (QED) is 0.854. The van der Waals surface area contributed by atoms with E-state index in [1.807, 2.05) is 12.1 Å². The molecule has 1 atom stereocenters. The highest BCUT2D eigenvalue weighted by Crippen LogP contribution is 2.34. The van der Waals surface area contributed by atoms with Gasteiger partial charge in [0.2, 0.25) is 0 Å². The third-order valence-electron chi connectivity index (χ3n) is 3.81. The highest BCUT2D eigenvalue weighted by atomic mass is 16.3. The van der Waals surface area contributed by atoms with Gasteiger partial charge in [0.1, 0.15) is 0 Å². The van der Waals surface area contributed by atoms with Crippen molar-refractivity contribution in [1.82, 2.24) is 10.3 Å². The average Bonchev–Trinajstić information content (AvgIpc) is 3.21. The number of rotatable bonds is 6. The highest BCUT2D eigenvalue weighted by molar-refractivity contribution is 5.94. The van der Waals surface area contributed by atoms with Gasteiger partial charge in [-0.3, -0.25) is 4.79 Å². The van der Waals surface area contributed by atoms with Crippen LogP contribution >= 0.6 is 0 Å². The van der Waals surface area contributed by atoms with Gasteiger partial charge >= 0.3 is 0 Å². The lowest BCUT2D eigenvalue weighted by Crippen LogP contribution is -2.37. The molecule has 5 nitrogen and oxygen atoms in total. The third-order valence-corrected chi connectivity index (χ3v) is 3.81. The number of aromatic nitrogens is 1. The van der Waals surface area contributed by atoms with Crippen LogP contribution in [0.3, 0.4) is 0 Å². The second kappa shape index (κ2) is 6.10. The SMILES string of the molecule is O=C(NC(CCO)C1CC1)c1ccc(-c2cnco2)cc1. The van der Waals surface area contributed by atoms with E-state index in [2.05, 4.69) is 10.3 Å². The molecule has 1 aromatic heterocycles. The Morgan fingerprint density at radius 3 is 2.71 bits per heavy atom. The Hall–Kier alpha value is -2.14. The van der Waals surface area contributed by atoms with Gasteiger partial charge in [0.25, 0.3) is 5.91 Å². The van der Waals surface area contributed by atoms with Gasteiger partial charge in [0.05, 0.1) is 6.20 Å². The monoisotopic (exact) mass is 286 g/mol. The zero-order valence-corrected chi connectivity index (χ0v) is 11.7. The van der Waals surface area contributed by atoms with Gasteiger partial charge in [-0.2, -0.15) is 0 Å². The molecule has 2 N–H and O–H groups in total. The molecule has 0 bridgehead atoms. The van der Waals surface area contributed by atoms with E-state index in [1.54, 1.807) is 18.3 Å². The van der Waals surface area contributed by atoms with Crippen molar-refractivity contribution in [2.24, 2.45) is 5.92 Å². The Kier molecular flexibility index (Phi) is 4.01. The number of nitrogens with one attached hydrogen (secondary N) is 1. The van der Waals surface area contributed by atoms with Crippen LogP contribution in [0.15, 0.2) is 41.3 Å². The first-order chi connectivity index (χ1) is 10.3. The topological polar surface area (TPSA) is 75.4 Å². The number of amides is 1. The first-order valence-electron chi connectivity index (χ1n) is 7.18. The zero-order valence-electron chi connectivity index (χ0n) is 11.7. The van der Waals surface area contributed by atoms with Crippen LogP contribution in [0.4, 0.5) is 0 Å². The standard InChI is InChI=1S/C16H18N2O3/c19-8-7-14(11-1-2-11)18-16(20)13-5-3-12(4-6-13)15-9-17-10-21-15/h3-6,9-11,14,19H,1-2,7-8H2,(H,18,20). The minimum atomic E-state index is -0.0931. The van der Waals surface area contributed by atoms with Gasteiger partial charge in [-0.15, -0.1) is 0 Å². The number of aliphatic hydroxyl groups is 1. The molecule has 1 aliphatic rings. The molecule has 0 spiro atoms. The summed E-state index contributed by atoms with van der Waals surface area (Å²) < 4.78 is 5.22. The molecule has 0 radical (unpaired) electrons. The fraction of sp³-hybridized carbons (Fsp3) is 0.375. The largest absolute Gasteiger partial charge is 0.444 e. The van der Waals surface area contributed by atoms with Crippen LogP contribution < -0.4 is 5.32 Å². The van der Waals surface area contributed by atoms with E-state index in [-0.39, 0.29) is 18.6 Å². The van der Waals surface area contributed by atoms with Crippen molar-refractivity contribution in [3.63, 3.8) is 0 Å². The van der Waals surface area contributed by atoms with E-state index in [1.165, 1.54) is 6.39 Å². The van der Waals surface area contributed by atoms with Gasteiger partial charge in [-0.25, -0.2) is 4.98 Å². The summed E-state index contributed by atoms with van der Waals surface area (Å²) in [6, 6.07) is 7.31. The lowest BCUT2D eigenvalue weighted by molar-refractivity contribution is 0.0924.